The van der Waals surface area contributed by atoms with Crippen LogP contribution in [0.15, 0.2) is 10.6 Å². The summed E-state index contributed by atoms with van der Waals surface area (Å²) < 4.78 is 11.2. The first-order valence-electron chi connectivity index (χ1n) is 8.30. The quantitative estimate of drug-likeness (QED) is 0.829. The lowest BCUT2D eigenvalue weighted by Gasteiger charge is -2.47. The molecule has 0 aliphatic carbocycles. The molecule has 21 heavy (non-hydrogen) atoms. The minimum atomic E-state index is 0.539. The average Bonchev–Trinajstić information content (AvgIpc) is 2.95. The summed E-state index contributed by atoms with van der Waals surface area (Å²) in [6.45, 7) is 10.3. The van der Waals surface area contributed by atoms with Crippen LogP contribution in [0.3, 0.4) is 0 Å². The maximum Gasteiger partial charge on any atom is 0.150 e. The minimum Gasteiger partial charge on any atom is -0.378 e. The Kier molecular flexibility index (Phi) is 4.93. The maximum atomic E-state index is 5.82. The molecule has 2 aliphatic rings. The number of fused-ring (bicyclic) bond motifs is 1. The monoisotopic (exact) mass is 293 g/mol. The molecule has 1 aromatic heterocycles. The molecule has 0 aromatic carbocycles. The standard InChI is InChI=1S/C16H27N3O2/c1-3-5-14-11-20-12-15-9-18(6-7-19(14)15)10-16-8-13(4-2)17-21-16/h8,14-15H,3-7,9-12H2,1-2H3/t14-,15+/m0/s1. The Labute approximate surface area is 127 Å². The molecule has 5 heteroatoms. The second-order valence-electron chi connectivity index (χ2n) is 6.24. The molecule has 2 aliphatic heterocycles. The summed E-state index contributed by atoms with van der Waals surface area (Å²) in [6.07, 6.45) is 3.42. The lowest BCUT2D eigenvalue weighted by molar-refractivity contribution is -0.0848. The van der Waals surface area contributed by atoms with Crippen molar-refractivity contribution in [2.75, 3.05) is 32.8 Å². The van der Waals surface area contributed by atoms with E-state index in [0.29, 0.717) is 12.1 Å². The van der Waals surface area contributed by atoms with Crippen LogP contribution in [0, 0.1) is 0 Å². The van der Waals surface area contributed by atoms with Gasteiger partial charge < -0.3 is 9.26 Å². The summed E-state index contributed by atoms with van der Waals surface area (Å²) in [7, 11) is 0. The highest BCUT2D eigenvalue weighted by Gasteiger charge is 2.35. The third kappa shape index (κ3) is 3.47. The van der Waals surface area contributed by atoms with Crippen molar-refractivity contribution in [3.8, 4) is 0 Å². The number of aryl methyl sites for hydroxylation is 1. The molecule has 0 saturated carbocycles. The van der Waals surface area contributed by atoms with Gasteiger partial charge in [0, 0.05) is 37.8 Å². The number of hydrogen-bond donors (Lipinski definition) is 0. The number of morpholine rings is 1. The molecule has 0 unspecified atom stereocenters. The molecular weight excluding hydrogens is 266 g/mol. The van der Waals surface area contributed by atoms with Gasteiger partial charge in [0.15, 0.2) is 5.76 Å². The van der Waals surface area contributed by atoms with E-state index in [4.69, 9.17) is 9.26 Å². The van der Waals surface area contributed by atoms with Gasteiger partial charge in [0.2, 0.25) is 0 Å². The molecule has 0 radical (unpaired) electrons. The molecule has 0 amide bonds. The van der Waals surface area contributed by atoms with Crippen LogP contribution in [0.1, 0.15) is 38.1 Å². The second kappa shape index (κ2) is 6.90. The van der Waals surface area contributed by atoms with Crippen LogP contribution in [-0.2, 0) is 17.7 Å². The Bertz CT molecular complexity index is 446. The molecular formula is C16H27N3O2. The molecule has 2 fully saturated rings. The lowest BCUT2D eigenvalue weighted by Crippen LogP contribution is -2.61. The first-order valence-corrected chi connectivity index (χ1v) is 8.30. The summed E-state index contributed by atoms with van der Waals surface area (Å²) in [5.41, 5.74) is 1.05. The van der Waals surface area contributed by atoms with Gasteiger partial charge in [0.25, 0.3) is 0 Å². The zero-order valence-corrected chi connectivity index (χ0v) is 13.3. The molecule has 0 N–H and O–H groups in total. The van der Waals surface area contributed by atoms with E-state index in [1.165, 1.54) is 12.8 Å². The Balaban J connectivity index is 1.57. The van der Waals surface area contributed by atoms with E-state index < -0.39 is 0 Å². The summed E-state index contributed by atoms with van der Waals surface area (Å²) in [6, 6.07) is 3.24. The topological polar surface area (TPSA) is 41.7 Å². The van der Waals surface area contributed by atoms with E-state index in [9.17, 15) is 0 Å². The van der Waals surface area contributed by atoms with Gasteiger partial charge in [-0.15, -0.1) is 0 Å². The number of rotatable bonds is 5. The minimum absolute atomic E-state index is 0.539. The van der Waals surface area contributed by atoms with E-state index in [2.05, 4.69) is 34.9 Å². The normalized spacial score (nSPS) is 27.7. The van der Waals surface area contributed by atoms with E-state index >= 15 is 0 Å². The van der Waals surface area contributed by atoms with E-state index in [-0.39, 0.29) is 0 Å². The average molecular weight is 293 g/mol. The third-order valence-electron chi connectivity index (χ3n) is 4.67. The number of nitrogens with zero attached hydrogens (tertiary/aromatic N) is 3. The van der Waals surface area contributed by atoms with Gasteiger partial charge in [-0.05, 0) is 12.8 Å². The summed E-state index contributed by atoms with van der Waals surface area (Å²) in [5.74, 6) is 0.988. The fourth-order valence-corrected chi connectivity index (χ4v) is 3.54. The molecule has 2 saturated heterocycles. The fraction of sp³-hybridized carbons (Fsp3) is 0.812. The lowest BCUT2D eigenvalue weighted by atomic mass is 10.0. The predicted octanol–water partition coefficient (Wildman–Crippen LogP) is 1.92. The van der Waals surface area contributed by atoms with Crippen LogP contribution in [-0.4, -0.2) is 59.9 Å². The highest BCUT2D eigenvalue weighted by Crippen LogP contribution is 2.22. The summed E-state index contributed by atoms with van der Waals surface area (Å²) in [5, 5.41) is 4.08. The van der Waals surface area contributed by atoms with Crippen molar-refractivity contribution in [2.24, 2.45) is 0 Å². The Morgan fingerprint density at radius 1 is 1.29 bits per heavy atom. The van der Waals surface area contributed by atoms with Gasteiger partial charge in [-0.2, -0.15) is 0 Å². The molecule has 3 heterocycles. The predicted molar refractivity (Wildman–Crippen MR) is 81.2 cm³/mol. The molecule has 5 nitrogen and oxygen atoms in total. The van der Waals surface area contributed by atoms with Crippen molar-refractivity contribution in [1.29, 1.82) is 0 Å². The number of aromatic nitrogens is 1. The second-order valence-corrected chi connectivity index (χ2v) is 6.24. The van der Waals surface area contributed by atoms with Gasteiger partial charge in [0.05, 0.1) is 25.5 Å². The van der Waals surface area contributed by atoms with E-state index in [1.54, 1.807) is 0 Å². The molecule has 1 aromatic rings. The van der Waals surface area contributed by atoms with Crippen LogP contribution in [0.4, 0.5) is 0 Å². The first kappa shape index (κ1) is 15.0. The SMILES string of the molecule is CCC[C@H]1COC[C@H]2CN(Cc3cc(CC)no3)CCN12. The molecule has 3 rings (SSSR count). The van der Waals surface area contributed by atoms with Crippen molar-refractivity contribution in [3.63, 3.8) is 0 Å². The molecule has 118 valence electrons. The molecule has 0 bridgehead atoms. The van der Waals surface area contributed by atoms with Crippen LogP contribution in [0.5, 0.6) is 0 Å². The maximum absolute atomic E-state index is 5.82. The van der Waals surface area contributed by atoms with Crippen molar-refractivity contribution in [1.82, 2.24) is 15.0 Å². The number of ether oxygens (including phenoxy) is 1. The summed E-state index contributed by atoms with van der Waals surface area (Å²) >= 11 is 0. The third-order valence-corrected chi connectivity index (χ3v) is 4.67. The first-order chi connectivity index (χ1) is 10.3. The van der Waals surface area contributed by atoms with Gasteiger partial charge in [-0.3, -0.25) is 9.80 Å². The van der Waals surface area contributed by atoms with Crippen molar-refractivity contribution in [3.05, 3.63) is 17.5 Å². The van der Waals surface area contributed by atoms with Gasteiger partial charge in [0.1, 0.15) is 0 Å². The number of hydrogen-bond acceptors (Lipinski definition) is 5. The largest absolute Gasteiger partial charge is 0.378 e. The van der Waals surface area contributed by atoms with Crippen LogP contribution < -0.4 is 0 Å². The van der Waals surface area contributed by atoms with Crippen molar-refractivity contribution < 1.29 is 9.26 Å². The van der Waals surface area contributed by atoms with Gasteiger partial charge in [-0.1, -0.05) is 25.4 Å². The van der Waals surface area contributed by atoms with Crippen LogP contribution in [0.2, 0.25) is 0 Å². The van der Waals surface area contributed by atoms with Crippen LogP contribution in [0.25, 0.3) is 0 Å². The van der Waals surface area contributed by atoms with Crippen LogP contribution >= 0.6 is 0 Å². The molecule has 0 spiro atoms. The fourth-order valence-electron chi connectivity index (χ4n) is 3.54. The Morgan fingerprint density at radius 2 is 2.19 bits per heavy atom. The van der Waals surface area contributed by atoms with Crippen molar-refractivity contribution >= 4 is 0 Å². The van der Waals surface area contributed by atoms with E-state index in [0.717, 1.165) is 57.3 Å². The zero-order chi connectivity index (χ0) is 14.7. The highest BCUT2D eigenvalue weighted by atomic mass is 16.5. The van der Waals surface area contributed by atoms with Crippen molar-refractivity contribution in [2.45, 2.75) is 51.7 Å². The Morgan fingerprint density at radius 3 is 2.95 bits per heavy atom. The zero-order valence-electron chi connectivity index (χ0n) is 13.3. The number of piperazine rings is 1. The summed E-state index contributed by atoms with van der Waals surface area (Å²) in [4.78, 5) is 5.14. The molecule has 2 atom stereocenters. The Hall–Kier alpha value is -0.910. The van der Waals surface area contributed by atoms with E-state index in [1.807, 2.05) is 0 Å². The van der Waals surface area contributed by atoms with Gasteiger partial charge >= 0.3 is 0 Å². The van der Waals surface area contributed by atoms with Gasteiger partial charge in [-0.25, -0.2) is 0 Å². The smallest absolute Gasteiger partial charge is 0.150 e. The highest BCUT2D eigenvalue weighted by molar-refractivity contribution is 5.05.